The summed E-state index contributed by atoms with van der Waals surface area (Å²) in [5.74, 6) is 0. The van der Waals surface area contributed by atoms with Crippen LogP contribution in [0.1, 0.15) is 30.9 Å². The summed E-state index contributed by atoms with van der Waals surface area (Å²) in [5.41, 5.74) is 1.25. The number of hydrogen-bond acceptors (Lipinski definition) is 1. The molecule has 2 rings (SSSR count). The molecule has 0 bridgehead atoms. The summed E-state index contributed by atoms with van der Waals surface area (Å²) in [6.07, 6.45) is 3.81. The maximum absolute atomic E-state index is 6.12. The predicted molar refractivity (Wildman–Crippen MR) is 56.0 cm³/mol. The molecule has 0 spiro atoms. The maximum Gasteiger partial charge on any atom is 0.0453 e. The van der Waals surface area contributed by atoms with Crippen LogP contribution in [0.25, 0.3) is 0 Å². The van der Waals surface area contributed by atoms with Crippen LogP contribution in [0.3, 0.4) is 0 Å². The van der Waals surface area contributed by atoms with Crippen molar-refractivity contribution in [3.63, 3.8) is 0 Å². The third-order valence-electron chi connectivity index (χ3n) is 2.59. The van der Waals surface area contributed by atoms with Gasteiger partial charge in [-0.1, -0.05) is 36.2 Å². The van der Waals surface area contributed by atoms with Gasteiger partial charge in [0.1, 0.15) is 0 Å². The lowest BCUT2D eigenvalue weighted by atomic mass is 9.98. The van der Waals surface area contributed by atoms with E-state index in [9.17, 15) is 0 Å². The smallest absolute Gasteiger partial charge is 0.0453 e. The van der Waals surface area contributed by atoms with Gasteiger partial charge in [0.05, 0.1) is 0 Å². The Hall–Kier alpha value is -0.530. The molecule has 13 heavy (non-hydrogen) atoms. The van der Waals surface area contributed by atoms with Crippen LogP contribution in [0.2, 0.25) is 5.02 Å². The molecule has 1 atom stereocenters. The largest absolute Gasteiger partial charge is 0.310 e. The van der Waals surface area contributed by atoms with Crippen molar-refractivity contribution in [1.82, 2.24) is 5.32 Å². The quantitative estimate of drug-likeness (QED) is 0.726. The summed E-state index contributed by atoms with van der Waals surface area (Å²) in [4.78, 5) is 0. The fourth-order valence-electron chi connectivity index (χ4n) is 1.87. The molecule has 0 aliphatic carbocycles. The van der Waals surface area contributed by atoms with Gasteiger partial charge >= 0.3 is 0 Å². The normalized spacial score (nSPS) is 23.0. The minimum atomic E-state index is 0.474. The fourth-order valence-corrected chi connectivity index (χ4v) is 2.14. The van der Waals surface area contributed by atoms with E-state index < -0.39 is 0 Å². The fraction of sp³-hybridized carbons (Fsp3) is 0.455. The highest BCUT2D eigenvalue weighted by Gasteiger charge is 2.16. The van der Waals surface area contributed by atoms with Crippen LogP contribution in [0.4, 0.5) is 0 Å². The molecule has 2 heteroatoms. The molecule has 1 heterocycles. The number of benzene rings is 1. The van der Waals surface area contributed by atoms with Gasteiger partial charge in [-0.25, -0.2) is 0 Å². The molecule has 0 unspecified atom stereocenters. The van der Waals surface area contributed by atoms with E-state index in [1.54, 1.807) is 0 Å². The highest BCUT2D eigenvalue weighted by Crippen LogP contribution is 2.28. The monoisotopic (exact) mass is 195 g/mol. The van der Waals surface area contributed by atoms with Crippen LogP contribution in [0.5, 0.6) is 0 Å². The molecular weight excluding hydrogens is 182 g/mol. The van der Waals surface area contributed by atoms with E-state index in [0.717, 1.165) is 11.6 Å². The Morgan fingerprint density at radius 3 is 2.77 bits per heavy atom. The molecule has 1 aromatic carbocycles. The second-order valence-electron chi connectivity index (χ2n) is 3.52. The summed E-state index contributed by atoms with van der Waals surface area (Å²) >= 11 is 6.12. The second-order valence-corrected chi connectivity index (χ2v) is 3.93. The summed E-state index contributed by atoms with van der Waals surface area (Å²) in [6, 6.07) is 8.59. The first kappa shape index (κ1) is 9.04. The molecule has 0 radical (unpaired) electrons. The molecule has 1 N–H and O–H groups in total. The number of halogens is 1. The van der Waals surface area contributed by atoms with Crippen LogP contribution < -0.4 is 5.32 Å². The summed E-state index contributed by atoms with van der Waals surface area (Å²) in [6.45, 7) is 1.12. The highest BCUT2D eigenvalue weighted by atomic mass is 35.5. The van der Waals surface area contributed by atoms with Gasteiger partial charge in [0.25, 0.3) is 0 Å². The van der Waals surface area contributed by atoms with E-state index in [1.807, 2.05) is 12.1 Å². The first-order valence-electron chi connectivity index (χ1n) is 4.86. The van der Waals surface area contributed by atoms with Crippen molar-refractivity contribution in [3.05, 3.63) is 34.9 Å². The van der Waals surface area contributed by atoms with Gasteiger partial charge < -0.3 is 5.32 Å². The molecule has 1 aromatic rings. The van der Waals surface area contributed by atoms with Crippen LogP contribution in [-0.2, 0) is 0 Å². The molecule has 1 aliphatic heterocycles. The molecule has 1 nitrogen and oxygen atoms in total. The van der Waals surface area contributed by atoms with Crippen LogP contribution in [-0.4, -0.2) is 6.54 Å². The minimum Gasteiger partial charge on any atom is -0.310 e. The van der Waals surface area contributed by atoms with Gasteiger partial charge in [-0.15, -0.1) is 0 Å². The van der Waals surface area contributed by atoms with Crippen molar-refractivity contribution < 1.29 is 0 Å². The molecule has 70 valence electrons. The van der Waals surface area contributed by atoms with Crippen molar-refractivity contribution in [2.75, 3.05) is 6.54 Å². The number of piperidine rings is 1. The van der Waals surface area contributed by atoms with Crippen LogP contribution in [0.15, 0.2) is 24.3 Å². The molecule has 1 saturated heterocycles. The Morgan fingerprint density at radius 1 is 1.23 bits per heavy atom. The Balaban J connectivity index is 2.18. The topological polar surface area (TPSA) is 12.0 Å². The number of rotatable bonds is 1. The molecule has 1 aliphatic rings. The van der Waals surface area contributed by atoms with Crippen molar-refractivity contribution in [1.29, 1.82) is 0 Å². The Kier molecular flexibility index (Phi) is 2.87. The van der Waals surface area contributed by atoms with E-state index in [2.05, 4.69) is 17.4 Å². The molecule has 0 aromatic heterocycles. The van der Waals surface area contributed by atoms with Crippen molar-refractivity contribution in [3.8, 4) is 0 Å². The van der Waals surface area contributed by atoms with Crippen molar-refractivity contribution in [2.45, 2.75) is 25.3 Å². The second kappa shape index (κ2) is 4.12. The lowest BCUT2D eigenvalue weighted by Gasteiger charge is -2.24. The number of nitrogens with one attached hydrogen (secondary N) is 1. The molecule has 0 saturated carbocycles. The Labute approximate surface area is 84.1 Å². The van der Waals surface area contributed by atoms with Gasteiger partial charge in [0, 0.05) is 11.1 Å². The van der Waals surface area contributed by atoms with Crippen LogP contribution >= 0.6 is 11.6 Å². The highest BCUT2D eigenvalue weighted by molar-refractivity contribution is 6.31. The van der Waals surface area contributed by atoms with Gasteiger partial charge in [0.15, 0.2) is 0 Å². The van der Waals surface area contributed by atoms with Gasteiger partial charge in [-0.05, 0) is 31.0 Å². The van der Waals surface area contributed by atoms with Gasteiger partial charge in [0.2, 0.25) is 0 Å². The van der Waals surface area contributed by atoms with E-state index in [0.29, 0.717) is 6.04 Å². The van der Waals surface area contributed by atoms with E-state index in [4.69, 9.17) is 11.6 Å². The molecule has 0 amide bonds. The van der Waals surface area contributed by atoms with Gasteiger partial charge in [-0.2, -0.15) is 0 Å². The lowest BCUT2D eigenvalue weighted by Crippen LogP contribution is -2.26. The van der Waals surface area contributed by atoms with Crippen molar-refractivity contribution in [2.24, 2.45) is 0 Å². The van der Waals surface area contributed by atoms with Crippen molar-refractivity contribution >= 4 is 11.6 Å². The first-order chi connectivity index (χ1) is 6.38. The van der Waals surface area contributed by atoms with E-state index in [-0.39, 0.29) is 0 Å². The molecular formula is C11H14ClN. The zero-order valence-electron chi connectivity index (χ0n) is 7.59. The Bertz CT molecular complexity index is 279. The van der Waals surface area contributed by atoms with Gasteiger partial charge in [-0.3, -0.25) is 0 Å². The van der Waals surface area contributed by atoms with Crippen LogP contribution in [0, 0.1) is 0 Å². The average Bonchev–Trinajstić information content (AvgIpc) is 2.20. The zero-order valence-corrected chi connectivity index (χ0v) is 8.35. The zero-order chi connectivity index (χ0) is 9.10. The maximum atomic E-state index is 6.12. The van der Waals surface area contributed by atoms with E-state index in [1.165, 1.54) is 24.8 Å². The average molecular weight is 196 g/mol. The SMILES string of the molecule is Clc1ccccc1[C@@H]1CCCCN1. The Morgan fingerprint density at radius 2 is 2.08 bits per heavy atom. The predicted octanol–water partition coefficient (Wildman–Crippen LogP) is 3.15. The minimum absolute atomic E-state index is 0.474. The van der Waals surface area contributed by atoms with E-state index >= 15 is 0 Å². The lowest BCUT2D eigenvalue weighted by molar-refractivity contribution is 0.412. The third-order valence-corrected chi connectivity index (χ3v) is 2.94. The first-order valence-corrected chi connectivity index (χ1v) is 5.23. The summed E-state index contributed by atoms with van der Waals surface area (Å²) in [7, 11) is 0. The molecule has 1 fully saturated rings. The summed E-state index contributed by atoms with van der Waals surface area (Å²) in [5, 5.41) is 4.38. The number of hydrogen-bond donors (Lipinski definition) is 1. The standard InChI is InChI=1S/C11H14ClN/c12-10-6-2-1-5-9(10)11-7-3-4-8-13-11/h1-2,5-6,11,13H,3-4,7-8H2/t11-/m0/s1. The third kappa shape index (κ3) is 2.04. The summed E-state index contributed by atoms with van der Waals surface area (Å²) < 4.78 is 0.